The van der Waals surface area contributed by atoms with Crippen molar-refractivity contribution in [3.05, 3.63) is 63.7 Å². The predicted molar refractivity (Wildman–Crippen MR) is 88.5 cm³/mol. The lowest BCUT2D eigenvalue weighted by Gasteiger charge is -2.10. The van der Waals surface area contributed by atoms with Crippen molar-refractivity contribution in [3.8, 4) is 0 Å². The molecule has 0 atom stereocenters. The van der Waals surface area contributed by atoms with E-state index in [9.17, 15) is 23.3 Å². The molecule has 9 heteroatoms. The zero-order valence-electron chi connectivity index (χ0n) is 12.7. The molecule has 0 spiro atoms. The van der Waals surface area contributed by atoms with Crippen molar-refractivity contribution in [1.82, 2.24) is 0 Å². The quantitative estimate of drug-likeness (QED) is 0.602. The number of nitrogens with two attached hydrogens (primary N) is 1. The van der Waals surface area contributed by atoms with Crippen LogP contribution in [0.1, 0.15) is 15.9 Å². The van der Waals surface area contributed by atoms with Crippen LogP contribution in [0.3, 0.4) is 0 Å². The summed E-state index contributed by atoms with van der Waals surface area (Å²) in [5.74, 6) is -0.550. The minimum Gasteiger partial charge on any atom is -0.375 e. The summed E-state index contributed by atoms with van der Waals surface area (Å²) in [6, 6.07) is 10.5. The molecule has 0 aliphatic carbocycles. The van der Waals surface area contributed by atoms with Crippen LogP contribution in [0, 0.1) is 10.1 Å². The van der Waals surface area contributed by atoms with Crippen LogP contribution in [-0.2, 0) is 16.4 Å². The van der Waals surface area contributed by atoms with Gasteiger partial charge in [0.1, 0.15) is 10.6 Å². The molecule has 0 unspecified atom stereocenters. The molecule has 0 heterocycles. The summed E-state index contributed by atoms with van der Waals surface area (Å²) >= 11 is 0. The number of nitro groups is 1. The van der Waals surface area contributed by atoms with Crippen molar-refractivity contribution in [1.29, 1.82) is 0 Å². The molecular weight excluding hydrogens is 334 g/mol. The van der Waals surface area contributed by atoms with Gasteiger partial charge in [0, 0.05) is 18.4 Å². The Morgan fingerprint density at radius 3 is 2.33 bits per heavy atom. The minimum absolute atomic E-state index is 0.0990. The van der Waals surface area contributed by atoms with Crippen molar-refractivity contribution in [2.24, 2.45) is 5.73 Å². The van der Waals surface area contributed by atoms with Crippen molar-refractivity contribution in [2.75, 3.05) is 11.6 Å². The Bertz CT molecular complexity index is 892. The molecule has 3 N–H and O–H groups in total. The first kappa shape index (κ1) is 17.4. The second-order valence-electron chi connectivity index (χ2n) is 5.10. The number of anilines is 1. The third kappa shape index (κ3) is 3.87. The highest BCUT2D eigenvalue weighted by Gasteiger charge is 2.25. The lowest BCUT2D eigenvalue weighted by molar-refractivity contribution is -0.386. The lowest BCUT2D eigenvalue weighted by atomic mass is 10.1. The monoisotopic (exact) mass is 349 g/mol. The highest BCUT2D eigenvalue weighted by atomic mass is 32.2. The van der Waals surface area contributed by atoms with Crippen LogP contribution < -0.4 is 11.1 Å². The van der Waals surface area contributed by atoms with Gasteiger partial charge in [-0.3, -0.25) is 14.9 Å². The van der Waals surface area contributed by atoms with Crippen LogP contribution in [0.2, 0.25) is 0 Å². The first-order chi connectivity index (χ1) is 11.2. The van der Waals surface area contributed by atoms with Gasteiger partial charge in [0.15, 0.2) is 9.84 Å². The Labute approximate surface area is 138 Å². The molecule has 0 bridgehead atoms. The number of benzene rings is 2. The summed E-state index contributed by atoms with van der Waals surface area (Å²) in [6.07, 6.45) is 0.918. The molecule has 0 aliphatic rings. The Hall–Kier alpha value is -2.94. The van der Waals surface area contributed by atoms with E-state index in [1.165, 1.54) is 18.2 Å². The summed E-state index contributed by atoms with van der Waals surface area (Å²) in [4.78, 5) is 21.2. The molecule has 0 aliphatic heterocycles. The number of hydrogen-bond acceptors (Lipinski definition) is 6. The van der Waals surface area contributed by atoms with Crippen molar-refractivity contribution in [2.45, 2.75) is 11.4 Å². The largest absolute Gasteiger partial charge is 0.375 e. The fraction of sp³-hybridized carbons (Fsp3) is 0.133. The van der Waals surface area contributed by atoms with Gasteiger partial charge in [0.05, 0.1) is 4.92 Å². The predicted octanol–water partition coefficient (Wildman–Crippen LogP) is 1.71. The van der Waals surface area contributed by atoms with Crippen molar-refractivity contribution >= 4 is 27.1 Å². The van der Waals surface area contributed by atoms with Gasteiger partial charge in [-0.05, 0) is 29.8 Å². The molecule has 2 aromatic carbocycles. The second-order valence-corrected chi connectivity index (χ2v) is 7.08. The number of amides is 1. The van der Waals surface area contributed by atoms with Gasteiger partial charge in [0.25, 0.3) is 0 Å². The number of hydrogen-bond donors (Lipinski definition) is 2. The Morgan fingerprint density at radius 1 is 1.21 bits per heavy atom. The molecule has 2 aromatic rings. The van der Waals surface area contributed by atoms with E-state index in [4.69, 9.17) is 5.73 Å². The van der Waals surface area contributed by atoms with Crippen LogP contribution in [0.25, 0.3) is 0 Å². The summed E-state index contributed by atoms with van der Waals surface area (Å²) in [7, 11) is -3.73. The zero-order valence-corrected chi connectivity index (χ0v) is 13.5. The van der Waals surface area contributed by atoms with Crippen LogP contribution >= 0.6 is 0 Å². The number of nitrogens with one attached hydrogen (secondary N) is 1. The van der Waals surface area contributed by atoms with Gasteiger partial charge in [0.2, 0.25) is 5.91 Å². The molecule has 126 valence electrons. The van der Waals surface area contributed by atoms with Crippen LogP contribution in [0.4, 0.5) is 11.4 Å². The maximum atomic E-state index is 11.7. The second kappa shape index (κ2) is 6.67. The first-order valence-electron chi connectivity index (χ1n) is 6.80. The van der Waals surface area contributed by atoms with E-state index in [1.807, 2.05) is 0 Å². The maximum absolute atomic E-state index is 11.7. The van der Waals surface area contributed by atoms with E-state index in [2.05, 4.69) is 5.32 Å². The number of nitrogens with zero attached hydrogens (tertiary/aromatic N) is 1. The van der Waals surface area contributed by atoms with Gasteiger partial charge in [-0.1, -0.05) is 18.2 Å². The van der Waals surface area contributed by atoms with E-state index < -0.39 is 26.4 Å². The number of sulfone groups is 1. The number of carbonyl (C=O) groups excluding carboxylic acids is 1. The Balaban J connectivity index is 2.30. The standard InChI is InChI=1S/C15H15N3O5S/c1-24(22,23)13-4-2-3-12(14(13)18(20)21)17-9-10-5-7-11(8-6-10)15(16)19/h2-8,17H,9H2,1H3,(H2,16,19). The molecule has 0 fully saturated rings. The van der Waals surface area contributed by atoms with Gasteiger partial charge in [-0.2, -0.15) is 0 Å². The SMILES string of the molecule is CS(=O)(=O)c1cccc(NCc2ccc(C(N)=O)cc2)c1[N+](=O)[O-]. The van der Waals surface area contributed by atoms with Crippen LogP contribution in [0.5, 0.6) is 0 Å². The smallest absolute Gasteiger partial charge is 0.310 e. The molecule has 8 nitrogen and oxygen atoms in total. The average Bonchev–Trinajstić information content (AvgIpc) is 2.51. The number of carbonyl (C=O) groups is 1. The van der Waals surface area contributed by atoms with Gasteiger partial charge < -0.3 is 11.1 Å². The molecule has 2 rings (SSSR count). The summed E-state index contributed by atoms with van der Waals surface area (Å²) < 4.78 is 23.4. The van der Waals surface area contributed by atoms with Crippen molar-refractivity contribution in [3.63, 3.8) is 0 Å². The fourth-order valence-corrected chi connectivity index (χ4v) is 3.00. The summed E-state index contributed by atoms with van der Waals surface area (Å²) in [5.41, 5.74) is 5.86. The highest BCUT2D eigenvalue weighted by molar-refractivity contribution is 7.90. The Morgan fingerprint density at radius 2 is 1.83 bits per heavy atom. The van der Waals surface area contributed by atoms with Gasteiger partial charge in [-0.15, -0.1) is 0 Å². The number of para-hydroxylation sites is 1. The average molecular weight is 349 g/mol. The van der Waals surface area contributed by atoms with E-state index in [1.54, 1.807) is 24.3 Å². The zero-order chi connectivity index (χ0) is 17.9. The highest BCUT2D eigenvalue weighted by Crippen LogP contribution is 2.32. The summed E-state index contributed by atoms with van der Waals surface area (Å²) in [5, 5.41) is 14.1. The molecular formula is C15H15N3O5S. The number of primary amides is 1. The van der Waals surface area contributed by atoms with E-state index in [-0.39, 0.29) is 17.1 Å². The lowest BCUT2D eigenvalue weighted by Crippen LogP contribution is -2.11. The van der Waals surface area contributed by atoms with E-state index in [0.29, 0.717) is 5.56 Å². The molecule has 0 radical (unpaired) electrons. The van der Waals surface area contributed by atoms with E-state index >= 15 is 0 Å². The summed E-state index contributed by atoms with van der Waals surface area (Å²) in [6.45, 7) is 0.215. The van der Waals surface area contributed by atoms with Gasteiger partial charge >= 0.3 is 5.69 Å². The molecule has 1 amide bonds. The first-order valence-corrected chi connectivity index (χ1v) is 8.69. The van der Waals surface area contributed by atoms with Gasteiger partial charge in [-0.25, -0.2) is 8.42 Å². The molecule has 0 saturated carbocycles. The van der Waals surface area contributed by atoms with E-state index in [0.717, 1.165) is 11.8 Å². The minimum atomic E-state index is -3.73. The number of rotatable bonds is 6. The molecule has 0 aromatic heterocycles. The van der Waals surface area contributed by atoms with Crippen molar-refractivity contribution < 1.29 is 18.1 Å². The third-order valence-electron chi connectivity index (χ3n) is 3.30. The number of nitro benzene ring substituents is 1. The van der Waals surface area contributed by atoms with Crippen LogP contribution in [-0.4, -0.2) is 25.5 Å². The third-order valence-corrected chi connectivity index (χ3v) is 4.43. The molecule has 24 heavy (non-hydrogen) atoms. The normalized spacial score (nSPS) is 11.0. The Kier molecular flexibility index (Phi) is 4.84. The molecule has 0 saturated heterocycles. The van der Waals surface area contributed by atoms with Crippen LogP contribution in [0.15, 0.2) is 47.4 Å². The maximum Gasteiger partial charge on any atom is 0.310 e. The topological polar surface area (TPSA) is 132 Å². The fourth-order valence-electron chi connectivity index (χ4n) is 2.14.